The van der Waals surface area contributed by atoms with Crippen LogP contribution < -0.4 is 5.32 Å². The second-order valence-electron chi connectivity index (χ2n) is 8.98. The first kappa shape index (κ1) is 22.8. The molecule has 3 atom stereocenters. The number of benzene rings is 2. The Kier molecular flexibility index (Phi) is 6.67. The third-order valence-electron chi connectivity index (χ3n) is 6.75. The number of carbonyl (C=O) groups is 3. The average molecular weight is 451 g/mol. The summed E-state index contributed by atoms with van der Waals surface area (Å²) in [5.74, 6) is -1.90. The lowest BCUT2D eigenvalue weighted by atomic mass is 9.98. The van der Waals surface area contributed by atoms with Gasteiger partial charge >= 0.3 is 12.1 Å². The van der Waals surface area contributed by atoms with Gasteiger partial charge in [-0.3, -0.25) is 9.59 Å². The van der Waals surface area contributed by atoms with E-state index in [9.17, 15) is 19.5 Å². The summed E-state index contributed by atoms with van der Waals surface area (Å²) in [4.78, 5) is 38.7. The first-order chi connectivity index (χ1) is 15.9. The van der Waals surface area contributed by atoms with Crippen LogP contribution >= 0.6 is 0 Å². The van der Waals surface area contributed by atoms with E-state index in [0.29, 0.717) is 19.4 Å². The van der Waals surface area contributed by atoms with Crippen molar-refractivity contribution in [3.63, 3.8) is 0 Å². The Bertz CT molecular complexity index is 1010. The van der Waals surface area contributed by atoms with Crippen molar-refractivity contribution < 1.29 is 24.2 Å². The fourth-order valence-corrected chi connectivity index (χ4v) is 5.02. The number of hydrogen-bond acceptors (Lipinski definition) is 4. The van der Waals surface area contributed by atoms with Gasteiger partial charge in [-0.1, -0.05) is 68.8 Å². The van der Waals surface area contributed by atoms with Crippen LogP contribution in [0.3, 0.4) is 0 Å². The van der Waals surface area contributed by atoms with E-state index < -0.39 is 24.0 Å². The SMILES string of the molecule is CCCC(NC(=O)OCC1c2ccccc2-c2ccccc21)C(=O)N1C[C@@H](C)[C@H](C(=O)O)C1. The highest BCUT2D eigenvalue weighted by atomic mass is 16.5. The van der Waals surface area contributed by atoms with Gasteiger partial charge in [0.25, 0.3) is 0 Å². The number of carboxylic acids is 1. The summed E-state index contributed by atoms with van der Waals surface area (Å²) in [5, 5.41) is 12.1. The van der Waals surface area contributed by atoms with Crippen molar-refractivity contribution in [3.05, 3.63) is 59.7 Å². The Balaban J connectivity index is 1.40. The molecule has 4 rings (SSSR count). The first-order valence-electron chi connectivity index (χ1n) is 11.5. The summed E-state index contributed by atoms with van der Waals surface area (Å²) in [6, 6.07) is 15.5. The van der Waals surface area contributed by atoms with E-state index in [0.717, 1.165) is 22.3 Å². The molecule has 1 aliphatic heterocycles. The first-order valence-corrected chi connectivity index (χ1v) is 11.5. The Morgan fingerprint density at radius 2 is 1.67 bits per heavy atom. The topological polar surface area (TPSA) is 95.9 Å². The van der Waals surface area contributed by atoms with Crippen LogP contribution in [0.15, 0.2) is 48.5 Å². The number of carboxylic acid groups (broad SMARTS) is 1. The molecule has 1 fully saturated rings. The molecule has 7 nitrogen and oxygen atoms in total. The largest absolute Gasteiger partial charge is 0.481 e. The molecule has 7 heteroatoms. The van der Waals surface area contributed by atoms with Gasteiger partial charge in [-0.05, 0) is 34.6 Å². The van der Waals surface area contributed by atoms with Crippen LogP contribution in [0.25, 0.3) is 11.1 Å². The molecule has 0 spiro atoms. The second kappa shape index (κ2) is 9.65. The highest BCUT2D eigenvalue weighted by molar-refractivity contribution is 5.87. The molecule has 1 aliphatic carbocycles. The van der Waals surface area contributed by atoms with Crippen LogP contribution in [0, 0.1) is 11.8 Å². The molecular formula is C26H30N2O5. The number of nitrogens with zero attached hydrogens (tertiary/aromatic N) is 1. The lowest BCUT2D eigenvalue weighted by Gasteiger charge is -2.24. The predicted molar refractivity (Wildman–Crippen MR) is 124 cm³/mol. The van der Waals surface area contributed by atoms with E-state index in [2.05, 4.69) is 29.6 Å². The molecule has 2 aliphatic rings. The van der Waals surface area contributed by atoms with E-state index in [4.69, 9.17) is 4.74 Å². The molecule has 0 radical (unpaired) electrons. The highest BCUT2D eigenvalue weighted by Gasteiger charge is 2.39. The number of carbonyl (C=O) groups excluding carboxylic acids is 2. The van der Waals surface area contributed by atoms with Crippen LogP contribution in [-0.4, -0.2) is 53.7 Å². The number of aliphatic carboxylic acids is 1. The highest BCUT2D eigenvalue weighted by Crippen LogP contribution is 2.44. The zero-order valence-electron chi connectivity index (χ0n) is 19.0. The molecule has 0 saturated carbocycles. The van der Waals surface area contributed by atoms with Crippen molar-refractivity contribution in [2.45, 2.75) is 38.6 Å². The standard InChI is InChI=1S/C26H30N2O5/c1-3-8-23(24(29)28-13-16(2)21(14-28)25(30)31)27-26(32)33-15-22-19-11-6-4-9-17(19)18-10-5-7-12-20(18)22/h4-7,9-12,16,21-23H,3,8,13-15H2,1-2H3,(H,27,32)(H,30,31)/t16-,21-,23?/m1/s1. The van der Waals surface area contributed by atoms with Crippen LogP contribution in [0.4, 0.5) is 4.79 Å². The second-order valence-corrected chi connectivity index (χ2v) is 8.98. The molecule has 2 aromatic rings. The molecule has 1 saturated heterocycles. The number of hydrogen-bond donors (Lipinski definition) is 2. The molecule has 33 heavy (non-hydrogen) atoms. The van der Waals surface area contributed by atoms with Gasteiger partial charge in [0.05, 0.1) is 5.92 Å². The molecule has 2 amide bonds. The maximum Gasteiger partial charge on any atom is 0.407 e. The smallest absolute Gasteiger partial charge is 0.407 e. The summed E-state index contributed by atoms with van der Waals surface area (Å²) < 4.78 is 5.59. The van der Waals surface area contributed by atoms with Crippen molar-refractivity contribution in [1.29, 1.82) is 0 Å². The van der Waals surface area contributed by atoms with E-state index >= 15 is 0 Å². The summed E-state index contributed by atoms with van der Waals surface area (Å²) in [6.45, 7) is 4.49. The maximum absolute atomic E-state index is 13.0. The Hall–Kier alpha value is -3.35. The van der Waals surface area contributed by atoms with E-state index in [1.165, 1.54) is 0 Å². The number of nitrogens with one attached hydrogen (secondary N) is 1. The quantitative estimate of drug-likeness (QED) is 0.668. The third kappa shape index (κ3) is 4.58. The lowest BCUT2D eigenvalue weighted by Crippen LogP contribution is -2.48. The number of amides is 2. The Morgan fingerprint density at radius 3 is 2.21 bits per heavy atom. The average Bonchev–Trinajstić information content (AvgIpc) is 3.35. The number of ether oxygens (including phenoxy) is 1. The molecule has 2 N–H and O–H groups in total. The summed E-state index contributed by atoms with van der Waals surface area (Å²) in [6.07, 6.45) is 0.531. The molecular weight excluding hydrogens is 420 g/mol. The van der Waals surface area contributed by atoms with Gasteiger partial charge in [0, 0.05) is 19.0 Å². The molecule has 2 aromatic carbocycles. The summed E-state index contributed by atoms with van der Waals surface area (Å²) in [7, 11) is 0. The summed E-state index contributed by atoms with van der Waals surface area (Å²) >= 11 is 0. The predicted octanol–water partition coefficient (Wildman–Crippen LogP) is 3.87. The molecule has 1 unspecified atom stereocenters. The Labute approximate surface area is 193 Å². The number of alkyl carbamates (subject to hydrolysis) is 1. The van der Waals surface area contributed by atoms with Gasteiger partial charge in [0.1, 0.15) is 12.6 Å². The van der Waals surface area contributed by atoms with Gasteiger partial charge in [0.15, 0.2) is 0 Å². The Morgan fingerprint density at radius 1 is 1.06 bits per heavy atom. The van der Waals surface area contributed by atoms with Crippen molar-refractivity contribution in [3.8, 4) is 11.1 Å². The van der Waals surface area contributed by atoms with Gasteiger partial charge in [-0.25, -0.2) is 4.79 Å². The van der Waals surface area contributed by atoms with E-state index in [1.54, 1.807) is 4.90 Å². The van der Waals surface area contributed by atoms with Crippen molar-refractivity contribution >= 4 is 18.0 Å². The zero-order valence-corrected chi connectivity index (χ0v) is 19.0. The molecule has 174 valence electrons. The fraction of sp³-hybridized carbons (Fsp3) is 0.423. The molecule has 1 heterocycles. The van der Waals surface area contributed by atoms with E-state index in [-0.39, 0.29) is 30.9 Å². The van der Waals surface area contributed by atoms with Crippen LogP contribution in [0.5, 0.6) is 0 Å². The molecule has 0 bridgehead atoms. The molecule has 0 aromatic heterocycles. The third-order valence-corrected chi connectivity index (χ3v) is 6.75. The maximum atomic E-state index is 13.0. The minimum atomic E-state index is -0.894. The zero-order chi connectivity index (χ0) is 23.5. The van der Waals surface area contributed by atoms with Crippen molar-refractivity contribution in [2.75, 3.05) is 19.7 Å². The minimum absolute atomic E-state index is 0.0563. The van der Waals surface area contributed by atoms with Gasteiger partial charge in [-0.15, -0.1) is 0 Å². The van der Waals surface area contributed by atoms with Crippen molar-refractivity contribution in [1.82, 2.24) is 10.2 Å². The lowest BCUT2D eigenvalue weighted by molar-refractivity contribution is -0.142. The minimum Gasteiger partial charge on any atom is -0.481 e. The van der Waals surface area contributed by atoms with Gasteiger partial charge in [0.2, 0.25) is 5.91 Å². The van der Waals surface area contributed by atoms with Crippen LogP contribution in [-0.2, 0) is 14.3 Å². The number of fused-ring (bicyclic) bond motifs is 3. The summed E-state index contributed by atoms with van der Waals surface area (Å²) in [5.41, 5.74) is 4.55. The normalized spacial score (nSPS) is 20.1. The van der Waals surface area contributed by atoms with Crippen molar-refractivity contribution in [2.24, 2.45) is 11.8 Å². The number of rotatable bonds is 7. The van der Waals surface area contributed by atoms with Gasteiger partial charge < -0.3 is 20.1 Å². The van der Waals surface area contributed by atoms with Gasteiger partial charge in [-0.2, -0.15) is 0 Å². The van der Waals surface area contributed by atoms with E-state index in [1.807, 2.05) is 38.1 Å². The van der Waals surface area contributed by atoms with Crippen LogP contribution in [0.1, 0.15) is 43.7 Å². The number of likely N-dealkylation sites (tertiary alicyclic amines) is 1. The van der Waals surface area contributed by atoms with Crippen LogP contribution in [0.2, 0.25) is 0 Å². The monoisotopic (exact) mass is 450 g/mol. The fourth-order valence-electron chi connectivity index (χ4n) is 5.02.